The summed E-state index contributed by atoms with van der Waals surface area (Å²) in [7, 11) is 0. The molecule has 0 spiro atoms. The minimum absolute atomic E-state index is 0.332. The molecule has 2 rings (SSSR count). The van der Waals surface area contributed by atoms with E-state index >= 15 is 0 Å². The molecule has 2 aromatic rings. The van der Waals surface area contributed by atoms with E-state index in [0.29, 0.717) is 11.4 Å². The van der Waals surface area contributed by atoms with Crippen molar-refractivity contribution in [1.82, 2.24) is 20.6 Å². The van der Waals surface area contributed by atoms with Crippen molar-refractivity contribution in [3.8, 4) is 11.4 Å². The van der Waals surface area contributed by atoms with Crippen LogP contribution >= 0.6 is 11.8 Å². The molecule has 1 N–H and O–H groups in total. The van der Waals surface area contributed by atoms with Crippen LogP contribution in [0.5, 0.6) is 0 Å². The van der Waals surface area contributed by atoms with E-state index in [1.807, 2.05) is 6.26 Å². The maximum Gasteiger partial charge on any atom is 0.182 e. The van der Waals surface area contributed by atoms with Gasteiger partial charge < -0.3 is 0 Å². The van der Waals surface area contributed by atoms with Gasteiger partial charge in [0.2, 0.25) is 0 Å². The zero-order chi connectivity index (χ0) is 9.97. The largest absolute Gasteiger partial charge is 0.239 e. The molecule has 0 saturated carbocycles. The maximum atomic E-state index is 13.3. The number of tetrazole rings is 1. The number of rotatable bonds is 2. The van der Waals surface area contributed by atoms with Crippen LogP contribution in [0.3, 0.4) is 0 Å². The predicted molar refractivity (Wildman–Crippen MR) is 51.4 cm³/mol. The van der Waals surface area contributed by atoms with E-state index in [1.165, 1.54) is 17.8 Å². The molecule has 0 aliphatic heterocycles. The SMILES string of the molecule is CSc1ccc(F)c(-c2nnn[nH]2)c1. The summed E-state index contributed by atoms with van der Waals surface area (Å²) in [6, 6.07) is 4.83. The molecule has 0 radical (unpaired) electrons. The van der Waals surface area contributed by atoms with Crippen molar-refractivity contribution in [2.45, 2.75) is 4.90 Å². The van der Waals surface area contributed by atoms with Crippen molar-refractivity contribution < 1.29 is 4.39 Å². The quantitative estimate of drug-likeness (QED) is 0.767. The fourth-order valence-corrected chi connectivity index (χ4v) is 1.53. The van der Waals surface area contributed by atoms with Crippen LogP contribution in [0.1, 0.15) is 0 Å². The molecule has 0 unspecified atom stereocenters. The Labute approximate surface area is 83.9 Å². The Morgan fingerprint density at radius 1 is 1.43 bits per heavy atom. The van der Waals surface area contributed by atoms with E-state index in [0.717, 1.165) is 4.90 Å². The summed E-state index contributed by atoms with van der Waals surface area (Å²) in [5, 5.41) is 13.0. The average Bonchev–Trinajstić information content (AvgIpc) is 2.71. The first-order chi connectivity index (χ1) is 6.81. The fraction of sp³-hybridized carbons (Fsp3) is 0.125. The highest BCUT2D eigenvalue weighted by Gasteiger charge is 2.08. The normalized spacial score (nSPS) is 10.4. The molecule has 0 atom stereocenters. The van der Waals surface area contributed by atoms with Crippen LogP contribution in [0.15, 0.2) is 23.1 Å². The number of nitrogens with zero attached hydrogens (tertiary/aromatic N) is 3. The first-order valence-electron chi connectivity index (χ1n) is 3.89. The van der Waals surface area contributed by atoms with Crippen LogP contribution in [0.25, 0.3) is 11.4 Å². The average molecular weight is 210 g/mol. The Balaban J connectivity index is 2.51. The Hall–Kier alpha value is -1.43. The lowest BCUT2D eigenvalue weighted by Gasteiger charge is -2.00. The number of halogens is 1. The van der Waals surface area contributed by atoms with Gasteiger partial charge in [-0.25, -0.2) is 9.49 Å². The van der Waals surface area contributed by atoms with Crippen molar-refractivity contribution in [3.63, 3.8) is 0 Å². The Bertz CT molecular complexity index is 429. The lowest BCUT2D eigenvalue weighted by molar-refractivity contribution is 0.629. The van der Waals surface area contributed by atoms with Crippen molar-refractivity contribution in [3.05, 3.63) is 24.0 Å². The molecule has 6 heteroatoms. The van der Waals surface area contributed by atoms with Gasteiger partial charge in [-0.3, -0.25) is 0 Å². The van der Waals surface area contributed by atoms with Gasteiger partial charge >= 0.3 is 0 Å². The second-order valence-electron chi connectivity index (χ2n) is 2.60. The first kappa shape index (κ1) is 9.14. The molecule has 72 valence electrons. The van der Waals surface area contributed by atoms with E-state index in [1.54, 1.807) is 12.1 Å². The topological polar surface area (TPSA) is 54.5 Å². The second-order valence-corrected chi connectivity index (χ2v) is 3.48. The van der Waals surface area contributed by atoms with Crippen LogP contribution in [-0.2, 0) is 0 Å². The highest BCUT2D eigenvalue weighted by molar-refractivity contribution is 7.98. The van der Waals surface area contributed by atoms with Crippen LogP contribution in [0.4, 0.5) is 4.39 Å². The van der Waals surface area contributed by atoms with Crippen LogP contribution in [0, 0.1) is 5.82 Å². The third-order valence-electron chi connectivity index (χ3n) is 1.77. The maximum absolute atomic E-state index is 13.3. The molecule has 4 nitrogen and oxygen atoms in total. The number of benzene rings is 1. The summed E-state index contributed by atoms with van der Waals surface area (Å²) in [4.78, 5) is 0.970. The van der Waals surface area contributed by atoms with Gasteiger partial charge in [-0.1, -0.05) is 0 Å². The molecule has 0 saturated heterocycles. The van der Waals surface area contributed by atoms with Gasteiger partial charge in [0.1, 0.15) is 5.82 Å². The summed E-state index contributed by atoms with van der Waals surface area (Å²) in [5.41, 5.74) is 0.391. The van der Waals surface area contributed by atoms with Gasteiger partial charge in [-0.15, -0.1) is 16.9 Å². The monoisotopic (exact) mass is 210 g/mol. The first-order valence-corrected chi connectivity index (χ1v) is 5.11. The number of nitrogens with one attached hydrogen (secondary N) is 1. The van der Waals surface area contributed by atoms with Crippen LogP contribution in [0.2, 0.25) is 0 Å². The molecule has 0 amide bonds. The number of thioether (sulfide) groups is 1. The smallest absolute Gasteiger partial charge is 0.182 e. The highest BCUT2D eigenvalue weighted by atomic mass is 32.2. The zero-order valence-electron chi connectivity index (χ0n) is 7.36. The minimum Gasteiger partial charge on any atom is -0.239 e. The van der Waals surface area contributed by atoms with Crippen molar-refractivity contribution >= 4 is 11.8 Å². The third kappa shape index (κ3) is 1.60. The Kier molecular flexibility index (Phi) is 2.45. The third-order valence-corrected chi connectivity index (χ3v) is 2.50. The van der Waals surface area contributed by atoms with E-state index in [9.17, 15) is 4.39 Å². The van der Waals surface area contributed by atoms with E-state index in [2.05, 4.69) is 20.6 Å². The van der Waals surface area contributed by atoms with Gasteiger partial charge in [-0.2, -0.15) is 0 Å². The number of hydrogen-bond acceptors (Lipinski definition) is 4. The highest BCUT2D eigenvalue weighted by Crippen LogP contribution is 2.24. The van der Waals surface area contributed by atoms with E-state index < -0.39 is 0 Å². The van der Waals surface area contributed by atoms with Gasteiger partial charge in [0.05, 0.1) is 5.56 Å². The van der Waals surface area contributed by atoms with Crippen molar-refractivity contribution in [2.24, 2.45) is 0 Å². The van der Waals surface area contributed by atoms with Gasteiger partial charge in [-0.05, 0) is 34.9 Å². The summed E-state index contributed by atoms with van der Waals surface area (Å²) >= 11 is 1.54. The van der Waals surface area contributed by atoms with Crippen molar-refractivity contribution in [2.75, 3.05) is 6.26 Å². The second kappa shape index (κ2) is 3.75. The molecule has 0 aliphatic rings. The molecule has 1 aromatic heterocycles. The van der Waals surface area contributed by atoms with Crippen LogP contribution < -0.4 is 0 Å². The zero-order valence-corrected chi connectivity index (χ0v) is 8.18. The summed E-state index contributed by atoms with van der Waals surface area (Å²) in [6.45, 7) is 0. The molecule has 1 heterocycles. The number of aromatic nitrogens is 4. The molecule has 14 heavy (non-hydrogen) atoms. The molecular formula is C8H7FN4S. The predicted octanol–water partition coefficient (Wildman–Crippen LogP) is 1.73. The molecule has 0 bridgehead atoms. The number of hydrogen-bond donors (Lipinski definition) is 1. The lowest BCUT2D eigenvalue weighted by Crippen LogP contribution is -1.87. The van der Waals surface area contributed by atoms with E-state index in [-0.39, 0.29) is 5.82 Å². The van der Waals surface area contributed by atoms with E-state index in [4.69, 9.17) is 0 Å². The molecular weight excluding hydrogens is 203 g/mol. The van der Waals surface area contributed by atoms with Gasteiger partial charge in [0, 0.05) is 4.90 Å². The molecule has 1 aromatic carbocycles. The summed E-state index contributed by atoms with van der Waals surface area (Å²) in [6.07, 6.45) is 1.93. The fourth-order valence-electron chi connectivity index (χ4n) is 1.09. The molecule has 0 fully saturated rings. The minimum atomic E-state index is -0.332. The van der Waals surface area contributed by atoms with Gasteiger partial charge in [0.25, 0.3) is 0 Å². The van der Waals surface area contributed by atoms with Crippen molar-refractivity contribution in [1.29, 1.82) is 0 Å². The Morgan fingerprint density at radius 3 is 2.93 bits per heavy atom. The summed E-state index contributed by atoms with van der Waals surface area (Å²) < 4.78 is 13.3. The van der Waals surface area contributed by atoms with Crippen LogP contribution in [-0.4, -0.2) is 26.9 Å². The van der Waals surface area contributed by atoms with Gasteiger partial charge in [0.15, 0.2) is 5.82 Å². The Morgan fingerprint density at radius 2 is 2.29 bits per heavy atom. The standard InChI is InChI=1S/C8H7FN4S/c1-14-5-2-3-7(9)6(4-5)8-10-12-13-11-8/h2-4H,1H3,(H,10,11,12,13). The molecule has 0 aliphatic carbocycles. The lowest BCUT2D eigenvalue weighted by atomic mass is 10.2. The number of H-pyrrole nitrogens is 1. The number of aromatic amines is 1. The summed E-state index contributed by atoms with van der Waals surface area (Å²) in [5.74, 6) is 0.0137.